The summed E-state index contributed by atoms with van der Waals surface area (Å²) in [5.74, 6) is -2.51. The SMILES string of the molecule is C=CCC.C=CCC.O=C(O)/C=C/C(=O)O. The van der Waals surface area contributed by atoms with Crippen molar-refractivity contribution in [1.82, 2.24) is 0 Å². The van der Waals surface area contributed by atoms with Crippen molar-refractivity contribution in [3.05, 3.63) is 37.5 Å². The molecule has 0 atom stereocenters. The molecule has 0 rings (SSSR count). The molecule has 4 heteroatoms. The molecule has 0 spiro atoms. The first-order valence-electron chi connectivity index (χ1n) is 4.81. The molecule has 4 nitrogen and oxygen atoms in total. The van der Waals surface area contributed by atoms with Gasteiger partial charge in [0.05, 0.1) is 0 Å². The van der Waals surface area contributed by atoms with Gasteiger partial charge in [-0.15, -0.1) is 13.2 Å². The minimum Gasteiger partial charge on any atom is -0.478 e. The Morgan fingerprint density at radius 2 is 1.12 bits per heavy atom. The van der Waals surface area contributed by atoms with E-state index >= 15 is 0 Å². The second-order valence-electron chi connectivity index (χ2n) is 2.40. The van der Waals surface area contributed by atoms with E-state index in [2.05, 4.69) is 27.0 Å². The van der Waals surface area contributed by atoms with Crippen molar-refractivity contribution in [2.24, 2.45) is 0 Å². The molecule has 0 aliphatic carbocycles. The highest BCUT2D eigenvalue weighted by Gasteiger charge is 1.88. The molecule has 0 aromatic carbocycles. The highest BCUT2D eigenvalue weighted by molar-refractivity contribution is 5.89. The van der Waals surface area contributed by atoms with Gasteiger partial charge in [-0.25, -0.2) is 9.59 Å². The van der Waals surface area contributed by atoms with Gasteiger partial charge in [0, 0.05) is 12.2 Å². The lowest BCUT2D eigenvalue weighted by Crippen LogP contribution is -1.91. The standard InChI is InChI=1S/C4H4O4.2C4H8/c5-3(6)1-2-4(7)8;2*1-3-4-2/h1-2H,(H,5,6)(H,7,8);2*3H,1,4H2,2H3/b2-1+;;. The van der Waals surface area contributed by atoms with Crippen LogP contribution in [0.25, 0.3) is 0 Å². The maximum atomic E-state index is 9.55. The minimum atomic E-state index is -1.26. The molecule has 2 N–H and O–H groups in total. The monoisotopic (exact) mass is 228 g/mol. The van der Waals surface area contributed by atoms with Crippen molar-refractivity contribution in [2.45, 2.75) is 26.7 Å². The molecular formula is C12H20O4. The molecule has 0 radical (unpaired) electrons. The van der Waals surface area contributed by atoms with Gasteiger partial charge in [-0.2, -0.15) is 0 Å². The van der Waals surface area contributed by atoms with Gasteiger partial charge in [-0.1, -0.05) is 26.0 Å². The summed E-state index contributed by atoms with van der Waals surface area (Å²) in [6.45, 7) is 11.1. The van der Waals surface area contributed by atoms with Crippen LogP contribution in [-0.4, -0.2) is 22.2 Å². The lowest BCUT2D eigenvalue weighted by Gasteiger charge is -1.74. The van der Waals surface area contributed by atoms with Crippen molar-refractivity contribution < 1.29 is 19.8 Å². The van der Waals surface area contributed by atoms with Crippen LogP contribution in [0.15, 0.2) is 37.5 Å². The number of hydrogen-bond acceptors (Lipinski definition) is 2. The molecule has 92 valence electrons. The van der Waals surface area contributed by atoms with Crippen LogP contribution in [0.3, 0.4) is 0 Å². The fourth-order valence-electron chi connectivity index (χ4n) is 0.143. The molecule has 0 amide bonds. The van der Waals surface area contributed by atoms with E-state index in [1.165, 1.54) is 0 Å². The molecular weight excluding hydrogens is 208 g/mol. The normalized spacial score (nSPS) is 7.88. The average Bonchev–Trinajstić information content (AvgIpc) is 2.27. The van der Waals surface area contributed by atoms with E-state index in [4.69, 9.17) is 10.2 Å². The Bertz CT molecular complexity index is 205. The van der Waals surface area contributed by atoms with Gasteiger partial charge < -0.3 is 10.2 Å². The number of carboxylic acid groups (broad SMARTS) is 2. The highest BCUT2D eigenvalue weighted by atomic mass is 16.4. The van der Waals surface area contributed by atoms with Crippen LogP contribution in [0.4, 0.5) is 0 Å². The molecule has 0 heterocycles. The molecule has 0 aromatic heterocycles. The van der Waals surface area contributed by atoms with Crippen LogP contribution in [-0.2, 0) is 9.59 Å². The third kappa shape index (κ3) is 56.9. The Morgan fingerprint density at radius 1 is 0.938 bits per heavy atom. The molecule has 16 heavy (non-hydrogen) atoms. The summed E-state index contributed by atoms with van der Waals surface area (Å²) in [6, 6.07) is 0. The quantitative estimate of drug-likeness (QED) is 0.573. The highest BCUT2D eigenvalue weighted by Crippen LogP contribution is 1.70. The minimum absolute atomic E-state index is 0.558. The summed E-state index contributed by atoms with van der Waals surface area (Å²) in [5, 5.41) is 15.6. The molecule has 0 aliphatic rings. The molecule has 0 aliphatic heterocycles. The van der Waals surface area contributed by atoms with E-state index in [0.717, 1.165) is 12.8 Å². The number of rotatable bonds is 4. The van der Waals surface area contributed by atoms with Crippen molar-refractivity contribution in [3.8, 4) is 0 Å². The fraction of sp³-hybridized carbons (Fsp3) is 0.333. The zero-order chi connectivity index (χ0) is 13.4. The summed E-state index contributed by atoms with van der Waals surface area (Å²) in [6.07, 6.45) is 7.03. The molecule has 0 unspecified atom stereocenters. The predicted molar refractivity (Wildman–Crippen MR) is 65.4 cm³/mol. The van der Waals surface area contributed by atoms with Crippen LogP contribution in [0.5, 0.6) is 0 Å². The van der Waals surface area contributed by atoms with Gasteiger partial charge in [-0.3, -0.25) is 0 Å². The van der Waals surface area contributed by atoms with Crippen LogP contribution >= 0.6 is 0 Å². The smallest absolute Gasteiger partial charge is 0.328 e. The van der Waals surface area contributed by atoms with Crippen molar-refractivity contribution in [3.63, 3.8) is 0 Å². The Balaban J connectivity index is -0.000000179. The van der Waals surface area contributed by atoms with Crippen LogP contribution in [0.1, 0.15) is 26.7 Å². The molecule has 0 bridgehead atoms. The second kappa shape index (κ2) is 18.9. The van der Waals surface area contributed by atoms with Crippen LogP contribution in [0, 0.1) is 0 Å². The van der Waals surface area contributed by atoms with Crippen LogP contribution < -0.4 is 0 Å². The third-order valence-electron chi connectivity index (χ3n) is 0.946. The molecule has 0 saturated carbocycles. The second-order valence-corrected chi connectivity index (χ2v) is 2.40. The number of carboxylic acids is 2. The predicted octanol–water partition coefficient (Wildman–Crippen LogP) is 2.88. The summed E-state index contributed by atoms with van der Waals surface area (Å²) in [5.41, 5.74) is 0. The summed E-state index contributed by atoms with van der Waals surface area (Å²) < 4.78 is 0. The van der Waals surface area contributed by atoms with Gasteiger partial charge in [0.25, 0.3) is 0 Å². The first-order chi connectivity index (χ1) is 7.45. The first-order valence-corrected chi connectivity index (χ1v) is 4.81. The topological polar surface area (TPSA) is 74.6 Å². The number of aliphatic carboxylic acids is 2. The van der Waals surface area contributed by atoms with E-state index in [9.17, 15) is 9.59 Å². The van der Waals surface area contributed by atoms with E-state index < -0.39 is 11.9 Å². The van der Waals surface area contributed by atoms with E-state index in [0.29, 0.717) is 12.2 Å². The van der Waals surface area contributed by atoms with E-state index in [1.807, 2.05) is 12.2 Å². The van der Waals surface area contributed by atoms with Gasteiger partial charge in [0.2, 0.25) is 0 Å². The third-order valence-corrected chi connectivity index (χ3v) is 0.946. The Kier molecular flexibility index (Phi) is 23.2. The maximum Gasteiger partial charge on any atom is 0.328 e. The average molecular weight is 228 g/mol. The van der Waals surface area contributed by atoms with Gasteiger partial charge >= 0.3 is 11.9 Å². The summed E-state index contributed by atoms with van der Waals surface area (Å²) in [4.78, 5) is 19.1. The first kappa shape index (κ1) is 19.7. The molecule has 0 fully saturated rings. The van der Waals surface area contributed by atoms with Gasteiger partial charge in [0.15, 0.2) is 0 Å². The Morgan fingerprint density at radius 3 is 1.19 bits per heavy atom. The Hall–Kier alpha value is -1.84. The zero-order valence-corrected chi connectivity index (χ0v) is 9.85. The van der Waals surface area contributed by atoms with Crippen molar-refractivity contribution in [1.29, 1.82) is 0 Å². The largest absolute Gasteiger partial charge is 0.478 e. The van der Waals surface area contributed by atoms with Crippen molar-refractivity contribution in [2.75, 3.05) is 0 Å². The lowest BCUT2D eigenvalue weighted by molar-refractivity contribution is -0.134. The number of hydrogen-bond donors (Lipinski definition) is 2. The number of carbonyl (C=O) groups is 2. The molecule has 0 aromatic rings. The Labute approximate surface area is 96.6 Å². The van der Waals surface area contributed by atoms with E-state index in [1.54, 1.807) is 0 Å². The zero-order valence-electron chi connectivity index (χ0n) is 9.85. The summed E-state index contributed by atoms with van der Waals surface area (Å²) in [7, 11) is 0. The fourth-order valence-corrected chi connectivity index (χ4v) is 0.143. The van der Waals surface area contributed by atoms with Gasteiger partial charge in [-0.05, 0) is 12.8 Å². The summed E-state index contributed by atoms with van der Waals surface area (Å²) >= 11 is 0. The van der Waals surface area contributed by atoms with Gasteiger partial charge in [0.1, 0.15) is 0 Å². The maximum absolute atomic E-state index is 9.55. The molecule has 0 saturated heterocycles. The van der Waals surface area contributed by atoms with Crippen LogP contribution in [0.2, 0.25) is 0 Å². The lowest BCUT2D eigenvalue weighted by atomic mass is 10.5. The number of allylic oxidation sites excluding steroid dienone is 2. The van der Waals surface area contributed by atoms with Crippen molar-refractivity contribution >= 4 is 11.9 Å². The van der Waals surface area contributed by atoms with E-state index in [-0.39, 0.29) is 0 Å².